The molecule has 0 bridgehead atoms. The van der Waals surface area contributed by atoms with Crippen molar-refractivity contribution in [1.29, 1.82) is 0 Å². The van der Waals surface area contributed by atoms with Gasteiger partial charge in [-0.1, -0.05) is 72.6 Å². The summed E-state index contributed by atoms with van der Waals surface area (Å²) >= 11 is 0. The Labute approximate surface area is 497 Å². The first-order valence-electron chi connectivity index (χ1n) is 30.4. The fraction of sp³-hybridized carbons (Fsp3) is 0.548. The van der Waals surface area contributed by atoms with E-state index in [9.17, 15) is 9.59 Å². The molecule has 452 valence electrons. The first-order valence-corrected chi connectivity index (χ1v) is 34.1. The summed E-state index contributed by atoms with van der Waals surface area (Å²) in [6, 6.07) is 10.5. The second kappa shape index (κ2) is 28.2. The number of hydrogen-bond donors (Lipinski definition) is 1. The lowest BCUT2D eigenvalue weighted by Gasteiger charge is -2.38. The van der Waals surface area contributed by atoms with E-state index in [1.165, 1.54) is 45.8 Å². The van der Waals surface area contributed by atoms with E-state index in [0.29, 0.717) is 84.3 Å². The minimum Gasteiger partial charge on any atom is -0.462 e. The van der Waals surface area contributed by atoms with E-state index in [0.717, 1.165) is 136 Å². The van der Waals surface area contributed by atoms with Gasteiger partial charge in [-0.25, -0.2) is 4.68 Å². The molecule has 2 fully saturated rings. The summed E-state index contributed by atoms with van der Waals surface area (Å²) in [5.74, 6) is 1.84. The Hall–Kier alpha value is -7.14. The van der Waals surface area contributed by atoms with Crippen molar-refractivity contribution < 1.29 is 23.8 Å². The number of fused-ring (bicyclic) bond motifs is 4. The third kappa shape index (κ3) is 14.5. The third-order valence-electron chi connectivity index (χ3n) is 16.9. The van der Waals surface area contributed by atoms with Crippen molar-refractivity contribution in [1.82, 2.24) is 59.5 Å². The highest BCUT2D eigenvalue weighted by atomic mass is 28.3. The molecule has 4 aromatic heterocycles. The molecule has 0 aliphatic carbocycles. The number of hydrogen-bond acceptors (Lipinski definition) is 17. The van der Waals surface area contributed by atoms with Gasteiger partial charge in [-0.2, -0.15) is 30.1 Å². The van der Waals surface area contributed by atoms with E-state index in [1.54, 1.807) is 0 Å². The molecule has 21 nitrogen and oxygen atoms in total. The van der Waals surface area contributed by atoms with Crippen LogP contribution in [0.15, 0.2) is 62.0 Å². The van der Waals surface area contributed by atoms with Crippen molar-refractivity contribution in [2.45, 2.75) is 99.9 Å². The van der Waals surface area contributed by atoms with E-state index in [4.69, 9.17) is 39.2 Å². The topological polar surface area (TPSA) is 186 Å². The van der Waals surface area contributed by atoms with Gasteiger partial charge in [-0.05, 0) is 94.3 Å². The molecule has 8 heterocycles. The van der Waals surface area contributed by atoms with E-state index in [2.05, 4.69) is 138 Å². The number of nitrogens with zero attached hydrogens (tertiary/aromatic N) is 15. The van der Waals surface area contributed by atoms with Crippen LogP contribution in [0.3, 0.4) is 0 Å². The van der Waals surface area contributed by atoms with Crippen LogP contribution in [0.2, 0.25) is 25.7 Å². The Morgan fingerprint density at radius 2 is 1.11 bits per heavy atom. The van der Waals surface area contributed by atoms with Crippen molar-refractivity contribution in [3.05, 3.63) is 95.6 Å². The van der Waals surface area contributed by atoms with Gasteiger partial charge in [-0.15, -0.1) is 0 Å². The number of anilines is 4. The van der Waals surface area contributed by atoms with E-state index < -0.39 is 8.07 Å². The molecule has 0 spiro atoms. The number of aromatic nitrogens is 8. The van der Waals surface area contributed by atoms with E-state index >= 15 is 0 Å². The molecular weight excluding hydrogens is 1080 g/mol. The minimum atomic E-state index is -1.15. The van der Waals surface area contributed by atoms with Crippen LogP contribution < -0.4 is 29.1 Å². The summed E-state index contributed by atoms with van der Waals surface area (Å²) in [6.07, 6.45) is 8.33. The zero-order valence-electron chi connectivity index (χ0n) is 51.5. The molecule has 1 N–H and O–H groups in total. The predicted octanol–water partition coefficient (Wildman–Crippen LogP) is 7.34. The summed E-state index contributed by atoms with van der Waals surface area (Å²) in [6.45, 7) is 43.7. The molecule has 2 aromatic carbocycles. The second-order valence-electron chi connectivity index (χ2n) is 23.4. The monoisotopic (exact) mass is 1170 g/mol. The number of carbonyl (C=O) groups is 2. The maximum Gasteiger partial charge on any atom is 0.318 e. The summed E-state index contributed by atoms with van der Waals surface area (Å²) < 4.78 is 20.4. The van der Waals surface area contributed by atoms with Crippen LogP contribution in [0, 0.1) is 13.8 Å². The van der Waals surface area contributed by atoms with Crippen LogP contribution in [-0.4, -0.2) is 204 Å². The van der Waals surface area contributed by atoms with Crippen LogP contribution >= 0.6 is 0 Å². The molecule has 2 saturated heterocycles. The second-order valence-corrected chi connectivity index (χ2v) is 29.0. The summed E-state index contributed by atoms with van der Waals surface area (Å²) in [5.41, 5.74) is 11.3. The summed E-state index contributed by atoms with van der Waals surface area (Å²) in [5, 5.41) is 14.4. The normalized spacial score (nSPS) is 15.6. The summed E-state index contributed by atoms with van der Waals surface area (Å²) in [4.78, 5) is 61.9. The number of carbonyl (C=O) groups excluding carboxylic acids is 2. The summed E-state index contributed by atoms with van der Waals surface area (Å²) in [7, 11) is -1.15. The van der Waals surface area contributed by atoms with Gasteiger partial charge in [0.2, 0.25) is 11.8 Å². The number of ether oxygens (including phenoxy) is 3. The molecule has 0 unspecified atom stereocenters. The first kappa shape index (κ1) is 61.4. The molecule has 22 heteroatoms. The molecule has 0 atom stereocenters. The smallest absolute Gasteiger partial charge is 0.318 e. The van der Waals surface area contributed by atoms with Gasteiger partial charge in [0.1, 0.15) is 31.6 Å². The van der Waals surface area contributed by atoms with Gasteiger partial charge in [0.05, 0.1) is 59.3 Å². The Morgan fingerprint density at radius 1 is 0.619 bits per heavy atom. The standard InChI is InChI=1S/C34H52N8O3Si.C28H38N8O2/c1-8-31(43)39-15-17-40(18-16-39)33-27-13-14-41(24-29(27)36-34(37-33)45-20-19-38(9-2)10-3)32-26(4)11-12-30-28(32)23-35-42(30)25-44-21-22-46(5,6)7;1-5-25(37)34-12-14-35(15-13-34)27-21-10-11-36(26-20(4)8-9-23-22(26)18-29-32-23)19-24(21)30-28(31-27)38-17-16-33(6-2)7-3/h8,11-12,23H,1,9-10,13-22,24-25H2,2-7H3;5,8-9,18H,1,6-7,10-17,19H2,2-4H3,(H,29,32). The number of rotatable bonds is 23. The quantitative estimate of drug-likeness (QED) is 0.0381. The van der Waals surface area contributed by atoms with E-state index in [1.807, 2.05) is 26.9 Å². The molecule has 2 amide bonds. The Morgan fingerprint density at radius 3 is 1.58 bits per heavy atom. The lowest BCUT2D eigenvalue weighted by molar-refractivity contribution is -0.127. The fourth-order valence-corrected chi connectivity index (χ4v) is 12.5. The van der Waals surface area contributed by atoms with Crippen LogP contribution in [0.4, 0.5) is 23.0 Å². The Balaban J connectivity index is 0.000000205. The molecule has 84 heavy (non-hydrogen) atoms. The number of likely N-dealkylation sites (N-methyl/N-ethyl adjacent to an activating group) is 2. The number of aryl methyl sites for hydroxylation is 2. The highest BCUT2D eigenvalue weighted by Gasteiger charge is 2.32. The van der Waals surface area contributed by atoms with Crippen molar-refractivity contribution in [2.24, 2.45) is 0 Å². The molecule has 6 aromatic rings. The predicted molar refractivity (Wildman–Crippen MR) is 338 cm³/mol. The number of aromatic amines is 1. The third-order valence-corrected chi connectivity index (χ3v) is 18.6. The number of piperazine rings is 2. The average Bonchev–Trinajstić information content (AvgIpc) is 3.59. The molecule has 4 aliphatic heterocycles. The van der Waals surface area contributed by atoms with Gasteiger partial charge in [0, 0.05) is 115 Å². The van der Waals surface area contributed by atoms with Crippen LogP contribution in [-0.2, 0) is 47.0 Å². The minimum absolute atomic E-state index is 0.0192. The Bertz CT molecular complexity index is 3230. The zero-order chi connectivity index (χ0) is 59.5. The van der Waals surface area contributed by atoms with E-state index in [-0.39, 0.29) is 11.8 Å². The number of benzene rings is 2. The van der Waals surface area contributed by atoms with Crippen LogP contribution in [0.5, 0.6) is 12.0 Å². The van der Waals surface area contributed by atoms with Gasteiger partial charge in [0.25, 0.3) is 0 Å². The molecule has 10 rings (SSSR count). The average molecular weight is 1170 g/mol. The highest BCUT2D eigenvalue weighted by molar-refractivity contribution is 6.76. The fourth-order valence-electron chi connectivity index (χ4n) is 11.8. The van der Waals surface area contributed by atoms with Crippen LogP contribution in [0.1, 0.15) is 61.3 Å². The lowest BCUT2D eigenvalue weighted by Crippen LogP contribution is -2.49. The van der Waals surface area contributed by atoms with Gasteiger partial charge in [0.15, 0.2) is 0 Å². The highest BCUT2D eigenvalue weighted by Crippen LogP contribution is 2.38. The maximum absolute atomic E-state index is 12.2. The maximum atomic E-state index is 12.2. The van der Waals surface area contributed by atoms with Crippen molar-refractivity contribution >= 4 is 64.7 Å². The zero-order valence-corrected chi connectivity index (χ0v) is 52.5. The SMILES string of the molecule is C=CC(=O)N1CCN(c2nc(OCCN(CC)CC)nc3c2CCN(c2c(C)ccc4[nH]ncc24)C3)CC1.C=CC(=O)N1CCN(c2nc(OCCN(CC)CC)nc3c2CCN(c2c(C)ccc4c2cnn4COCC[Si](C)(C)C)C3)CC1. The molecule has 0 saturated carbocycles. The molecule has 4 aliphatic rings. The van der Waals surface area contributed by atoms with Crippen molar-refractivity contribution in [3.8, 4) is 12.0 Å². The van der Waals surface area contributed by atoms with Gasteiger partial charge in [-0.3, -0.25) is 14.7 Å². The van der Waals surface area contributed by atoms with Crippen molar-refractivity contribution in [2.75, 3.05) is 144 Å². The largest absolute Gasteiger partial charge is 0.462 e. The van der Waals surface area contributed by atoms with Crippen molar-refractivity contribution in [3.63, 3.8) is 0 Å². The first-order chi connectivity index (χ1) is 40.6. The van der Waals surface area contributed by atoms with Gasteiger partial charge < -0.3 is 53.4 Å². The molecule has 0 radical (unpaired) electrons. The number of nitrogens with one attached hydrogen (secondary N) is 1. The number of amides is 2. The van der Waals surface area contributed by atoms with Crippen LogP contribution in [0.25, 0.3) is 21.8 Å². The number of H-pyrrole nitrogens is 1. The molecular formula is C62H90N16O5Si. The Kier molecular flexibility index (Phi) is 20.6. The van der Waals surface area contributed by atoms with Gasteiger partial charge >= 0.3 is 12.0 Å². The lowest BCUT2D eigenvalue weighted by atomic mass is 10.0.